The lowest BCUT2D eigenvalue weighted by Gasteiger charge is -2.31. The molecule has 0 spiro atoms. The number of rotatable bonds is 5. The van der Waals surface area contributed by atoms with Crippen LogP contribution < -0.4 is 0 Å². The molecule has 1 amide bonds. The summed E-state index contributed by atoms with van der Waals surface area (Å²) in [5, 5.41) is 9.34. The molecule has 1 N–H and O–H groups in total. The van der Waals surface area contributed by atoms with Crippen LogP contribution in [0.2, 0.25) is 0 Å². The molecule has 1 aliphatic carbocycles. The fourth-order valence-corrected chi connectivity index (χ4v) is 4.00. The maximum atomic E-state index is 12.9. The predicted molar refractivity (Wildman–Crippen MR) is 86.5 cm³/mol. The highest BCUT2D eigenvalue weighted by Crippen LogP contribution is 2.35. The summed E-state index contributed by atoms with van der Waals surface area (Å²) in [5.41, 5.74) is -0.762. The number of carbonyl (C=O) groups is 2. The van der Waals surface area contributed by atoms with Crippen molar-refractivity contribution in [3.8, 4) is 0 Å². The topological polar surface area (TPSA) is 57.6 Å². The molecule has 2 rings (SSSR count). The number of carboxylic acids is 1. The molecule has 0 aromatic rings. The first kappa shape index (κ1) is 17.3. The third-order valence-electron chi connectivity index (χ3n) is 5.74. The van der Waals surface area contributed by atoms with E-state index < -0.39 is 11.4 Å². The van der Waals surface area contributed by atoms with Gasteiger partial charge in [-0.1, -0.05) is 46.0 Å². The van der Waals surface area contributed by atoms with Crippen LogP contribution in [0.5, 0.6) is 0 Å². The van der Waals surface area contributed by atoms with E-state index in [1.54, 1.807) is 6.92 Å². The zero-order valence-corrected chi connectivity index (χ0v) is 14.3. The van der Waals surface area contributed by atoms with E-state index in [0.717, 1.165) is 6.42 Å². The Morgan fingerprint density at radius 3 is 2.36 bits per heavy atom. The second kappa shape index (κ2) is 7.01. The van der Waals surface area contributed by atoms with Crippen molar-refractivity contribution in [3.05, 3.63) is 0 Å². The number of carboxylic acid groups (broad SMARTS) is 1. The summed E-state index contributed by atoms with van der Waals surface area (Å²) in [4.78, 5) is 26.1. The van der Waals surface area contributed by atoms with Gasteiger partial charge in [0.15, 0.2) is 0 Å². The smallest absolute Gasteiger partial charge is 0.311 e. The van der Waals surface area contributed by atoms with E-state index in [4.69, 9.17) is 0 Å². The number of hydrogen-bond acceptors (Lipinski definition) is 2. The Bertz CT molecular complexity index is 415. The van der Waals surface area contributed by atoms with Crippen molar-refractivity contribution in [2.24, 2.45) is 23.2 Å². The zero-order chi connectivity index (χ0) is 16.3. The highest BCUT2D eigenvalue weighted by atomic mass is 16.4. The average Bonchev–Trinajstić information content (AvgIpc) is 2.89. The Morgan fingerprint density at radius 2 is 1.86 bits per heavy atom. The quantitative estimate of drug-likeness (QED) is 0.845. The summed E-state index contributed by atoms with van der Waals surface area (Å²) in [6.45, 7) is 6.97. The zero-order valence-electron chi connectivity index (χ0n) is 14.3. The maximum Gasteiger partial charge on any atom is 0.311 e. The molecule has 1 aliphatic heterocycles. The maximum absolute atomic E-state index is 12.9. The molecule has 22 heavy (non-hydrogen) atoms. The summed E-state index contributed by atoms with van der Waals surface area (Å²) in [6, 6.07) is 0. The van der Waals surface area contributed by atoms with Crippen molar-refractivity contribution in [3.63, 3.8) is 0 Å². The first-order valence-electron chi connectivity index (χ1n) is 8.85. The summed E-state index contributed by atoms with van der Waals surface area (Å²) in [5.74, 6) is 0.464. The second-order valence-corrected chi connectivity index (χ2v) is 7.97. The molecule has 0 bridgehead atoms. The minimum absolute atomic E-state index is 0.0549. The Hall–Kier alpha value is -1.06. The molecule has 126 valence electrons. The number of hydrogen-bond donors (Lipinski definition) is 1. The highest BCUT2D eigenvalue weighted by Gasteiger charge is 2.43. The van der Waals surface area contributed by atoms with Crippen molar-refractivity contribution < 1.29 is 14.7 Å². The summed E-state index contributed by atoms with van der Waals surface area (Å²) in [6.07, 6.45) is 7.99. The van der Waals surface area contributed by atoms with Gasteiger partial charge < -0.3 is 10.0 Å². The first-order valence-corrected chi connectivity index (χ1v) is 8.85. The first-order chi connectivity index (χ1) is 10.3. The van der Waals surface area contributed by atoms with E-state index in [1.807, 2.05) is 4.90 Å². The molecule has 2 aliphatic rings. The van der Waals surface area contributed by atoms with E-state index in [2.05, 4.69) is 13.8 Å². The van der Waals surface area contributed by atoms with Gasteiger partial charge in [0.2, 0.25) is 5.91 Å². The molecule has 0 aromatic heterocycles. The van der Waals surface area contributed by atoms with Gasteiger partial charge in [0.05, 0.1) is 5.41 Å². The number of likely N-dealkylation sites (tertiary alicyclic amines) is 1. The SMILES string of the molecule is CC(C)C(CC1CCCCC1)C(=O)N1CCC(C)(C(=O)O)C1. The third kappa shape index (κ3) is 3.82. The highest BCUT2D eigenvalue weighted by molar-refractivity contribution is 5.82. The van der Waals surface area contributed by atoms with Crippen LogP contribution in [0.15, 0.2) is 0 Å². The number of nitrogens with zero attached hydrogens (tertiary/aromatic N) is 1. The minimum Gasteiger partial charge on any atom is -0.481 e. The van der Waals surface area contributed by atoms with E-state index in [0.29, 0.717) is 31.3 Å². The van der Waals surface area contributed by atoms with Gasteiger partial charge >= 0.3 is 5.97 Å². The standard InChI is InChI=1S/C18H31NO3/c1-13(2)15(11-14-7-5-4-6-8-14)16(20)19-10-9-18(3,12-19)17(21)22/h13-15H,4-12H2,1-3H3,(H,21,22). The molecular formula is C18H31NO3. The Kier molecular flexibility index (Phi) is 5.51. The Morgan fingerprint density at radius 1 is 1.23 bits per heavy atom. The van der Waals surface area contributed by atoms with Crippen LogP contribution in [0.3, 0.4) is 0 Å². The largest absolute Gasteiger partial charge is 0.481 e. The van der Waals surface area contributed by atoms with Crippen LogP contribution in [0.25, 0.3) is 0 Å². The van der Waals surface area contributed by atoms with Crippen molar-refractivity contribution in [1.82, 2.24) is 4.90 Å². The van der Waals surface area contributed by atoms with Crippen LogP contribution in [-0.4, -0.2) is 35.0 Å². The van der Waals surface area contributed by atoms with Gasteiger partial charge in [0, 0.05) is 19.0 Å². The fraction of sp³-hybridized carbons (Fsp3) is 0.889. The van der Waals surface area contributed by atoms with Crippen LogP contribution in [-0.2, 0) is 9.59 Å². The molecule has 1 saturated heterocycles. The molecule has 1 heterocycles. The van der Waals surface area contributed by atoms with Crippen molar-refractivity contribution in [2.45, 2.75) is 65.7 Å². The van der Waals surface area contributed by atoms with Crippen LogP contribution in [0.1, 0.15) is 65.7 Å². The second-order valence-electron chi connectivity index (χ2n) is 7.97. The predicted octanol–water partition coefficient (Wildman–Crippen LogP) is 3.55. The van der Waals surface area contributed by atoms with Gasteiger partial charge in [0.25, 0.3) is 0 Å². The van der Waals surface area contributed by atoms with Crippen molar-refractivity contribution in [1.29, 1.82) is 0 Å². The third-order valence-corrected chi connectivity index (χ3v) is 5.74. The lowest BCUT2D eigenvalue weighted by molar-refractivity contribution is -0.147. The summed E-state index contributed by atoms with van der Waals surface area (Å²) >= 11 is 0. The Labute approximate surface area is 134 Å². The van der Waals surface area contributed by atoms with E-state index in [1.165, 1.54) is 32.1 Å². The van der Waals surface area contributed by atoms with Crippen molar-refractivity contribution >= 4 is 11.9 Å². The van der Waals surface area contributed by atoms with E-state index in [-0.39, 0.29) is 11.8 Å². The molecule has 2 atom stereocenters. The molecule has 2 unspecified atom stereocenters. The van der Waals surface area contributed by atoms with Gasteiger partial charge in [-0.25, -0.2) is 0 Å². The molecule has 2 fully saturated rings. The normalized spacial score (nSPS) is 28.1. The summed E-state index contributed by atoms with van der Waals surface area (Å²) in [7, 11) is 0. The summed E-state index contributed by atoms with van der Waals surface area (Å²) < 4.78 is 0. The van der Waals surface area contributed by atoms with Gasteiger partial charge in [-0.05, 0) is 31.6 Å². The lowest BCUT2D eigenvalue weighted by atomic mass is 9.78. The average molecular weight is 309 g/mol. The van der Waals surface area contributed by atoms with Crippen LogP contribution >= 0.6 is 0 Å². The van der Waals surface area contributed by atoms with E-state index >= 15 is 0 Å². The molecule has 0 radical (unpaired) electrons. The van der Waals surface area contributed by atoms with Gasteiger partial charge in [-0.15, -0.1) is 0 Å². The van der Waals surface area contributed by atoms with Crippen LogP contribution in [0.4, 0.5) is 0 Å². The van der Waals surface area contributed by atoms with E-state index in [9.17, 15) is 14.7 Å². The lowest BCUT2D eigenvalue weighted by Crippen LogP contribution is -2.40. The monoisotopic (exact) mass is 309 g/mol. The Balaban J connectivity index is 1.99. The van der Waals surface area contributed by atoms with Gasteiger partial charge in [-0.2, -0.15) is 0 Å². The van der Waals surface area contributed by atoms with Crippen molar-refractivity contribution in [2.75, 3.05) is 13.1 Å². The van der Waals surface area contributed by atoms with Crippen LogP contribution in [0, 0.1) is 23.2 Å². The fourth-order valence-electron chi connectivity index (χ4n) is 4.00. The molecule has 4 nitrogen and oxygen atoms in total. The number of aliphatic carboxylic acids is 1. The molecule has 0 aromatic carbocycles. The molecule has 4 heteroatoms. The number of carbonyl (C=O) groups excluding carboxylic acids is 1. The molecule has 1 saturated carbocycles. The van der Waals surface area contributed by atoms with Gasteiger partial charge in [0.1, 0.15) is 0 Å². The van der Waals surface area contributed by atoms with Gasteiger partial charge in [-0.3, -0.25) is 9.59 Å². The number of amides is 1. The minimum atomic E-state index is -0.781. The molecular weight excluding hydrogens is 278 g/mol.